The summed E-state index contributed by atoms with van der Waals surface area (Å²) in [6.45, 7) is 8.61. The highest BCUT2D eigenvalue weighted by atomic mass is 32.2. The van der Waals surface area contributed by atoms with Crippen molar-refractivity contribution in [3.63, 3.8) is 0 Å². The number of aromatic nitrogens is 3. The molecule has 2 atom stereocenters. The highest BCUT2D eigenvalue weighted by Crippen LogP contribution is 2.41. The molecule has 210 valence electrons. The smallest absolute Gasteiger partial charge is 0.236 e. The summed E-state index contributed by atoms with van der Waals surface area (Å²) in [6.07, 6.45) is 8.02. The molecule has 4 heterocycles. The van der Waals surface area contributed by atoms with E-state index >= 15 is 0 Å². The van der Waals surface area contributed by atoms with Crippen molar-refractivity contribution in [2.75, 3.05) is 16.9 Å². The first kappa shape index (κ1) is 28.2. The number of fused-ring (bicyclic) bond motifs is 2. The number of anilines is 3. The molecule has 1 aliphatic heterocycles. The van der Waals surface area contributed by atoms with Crippen molar-refractivity contribution in [3.8, 4) is 11.8 Å². The van der Waals surface area contributed by atoms with Gasteiger partial charge >= 0.3 is 0 Å². The number of carbonyl (C=O) groups is 1. The third-order valence-electron chi connectivity index (χ3n) is 7.93. The first-order chi connectivity index (χ1) is 19.4. The second-order valence-corrected chi connectivity index (χ2v) is 13.3. The fraction of sp³-hybridized carbons (Fsp3) is 0.312. The summed E-state index contributed by atoms with van der Waals surface area (Å²) in [5, 5.41) is 7.92. The molecule has 1 amide bonds. The molecule has 0 spiro atoms. The van der Waals surface area contributed by atoms with Crippen molar-refractivity contribution in [1.82, 2.24) is 15.0 Å². The van der Waals surface area contributed by atoms with Gasteiger partial charge in [0, 0.05) is 46.9 Å². The highest BCUT2D eigenvalue weighted by Gasteiger charge is 2.44. The maximum atomic E-state index is 13.0. The van der Waals surface area contributed by atoms with Gasteiger partial charge in [0.1, 0.15) is 11.5 Å². The van der Waals surface area contributed by atoms with E-state index in [9.17, 15) is 13.2 Å². The Morgan fingerprint density at radius 1 is 1.00 bits per heavy atom. The molecule has 0 aliphatic carbocycles. The Morgan fingerprint density at radius 3 is 2.46 bits per heavy atom. The summed E-state index contributed by atoms with van der Waals surface area (Å²) in [5.74, 6) is 7.96. The maximum Gasteiger partial charge on any atom is 0.236 e. The Morgan fingerprint density at radius 2 is 1.76 bits per heavy atom. The lowest BCUT2D eigenvalue weighted by Crippen LogP contribution is -2.32. The van der Waals surface area contributed by atoms with Crippen LogP contribution in [0.3, 0.4) is 0 Å². The Balaban J connectivity index is 1.39. The lowest BCUT2D eigenvalue weighted by Gasteiger charge is -2.24. The van der Waals surface area contributed by atoms with Gasteiger partial charge in [0.2, 0.25) is 5.91 Å². The number of pyridine rings is 3. The summed E-state index contributed by atoms with van der Waals surface area (Å²) in [6, 6.07) is 12.1. The second kappa shape index (κ2) is 10.9. The largest absolute Gasteiger partial charge is 0.340 e. The van der Waals surface area contributed by atoms with Crippen LogP contribution in [0.15, 0.2) is 66.0 Å². The average Bonchev–Trinajstić information content (AvgIpc) is 3.19. The molecule has 5 rings (SSSR count). The number of hydrogen-bond donors (Lipinski definition) is 2. The SMILES string of the molecule is CC(C)C(C)CCC1(C)C(=O)Nc2cc(C#Cc3nccc4cnc(Nc5ccc(S(C)(=O)=O)cc5)cc34)cnc21. The van der Waals surface area contributed by atoms with E-state index in [2.05, 4.69) is 58.2 Å². The molecule has 0 radical (unpaired) electrons. The standard InChI is InChI=1S/C32H33N5O3S/c1-20(2)21(3)12-14-32(4)30-28(37-31(32)38)16-22(18-35-30)6-11-27-26-17-29(34-19-23(26)13-15-33-27)36-24-7-9-25(10-8-24)41(5,39)40/h7-10,13,15-21H,12,14H2,1-5H3,(H,34,36)(H,37,38). The molecular weight excluding hydrogens is 534 g/mol. The minimum Gasteiger partial charge on any atom is -0.340 e. The lowest BCUT2D eigenvalue weighted by atomic mass is 9.79. The van der Waals surface area contributed by atoms with Crippen LogP contribution in [0.4, 0.5) is 17.2 Å². The molecule has 41 heavy (non-hydrogen) atoms. The number of benzene rings is 1. The average molecular weight is 568 g/mol. The molecule has 1 aliphatic rings. The van der Waals surface area contributed by atoms with Crippen LogP contribution in [-0.4, -0.2) is 35.5 Å². The molecule has 0 fully saturated rings. The van der Waals surface area contributed by atoms with E-state index in [0.29, 0.717) is 40.3 Å². The van der Waals surface area contributed by atoms with E-state index in [1.807, 2.05) is 25.1 Å². The van der Waals surface area contributed by atoms with Gasteiger partial charge in [-0.05, 0) is 80.0 Å². The summed E-state index contributed by atoms with van der Waals surface area (Å²) < 4.78 is 23.5. The molecule has 8 nitrogen and oxygen atoms in total. The van der Waals surface area contributed by atoms with Gasteiger partial charge in [-0.1, -0.05) is 26.7 Å². The normalized spacial score (nSPS) is 17.1. The highest BCUT2D eigenvalue weighted by molar-refractivity contribution is 7.90. The van der Waals surface area contributed by atoms with Crippen LogP contribution >= 0.6 is 0 Å². The van der Waals surface area contributed by atoms with Gasteiger partial charge in [0.25, 0.3) is 0 Å². The zero-order valence-electron chi connectivity index (χ0n) is 23.8. The van der Waals surface area contributed by atoms with Gasteiger partial charge in [-0.15, -0.1) is 0 Å². The van der Waals surface area contributed by atoms with Gasteiger partial charge in [-0.3, -0.25) is 9.78 Å². The van der Waals surface area contributed by atoms with Crippen molar-refractivity contribution in [2.24, 2.45) is 11.8 Å². The Bertz CT molecular complexity index is 1810. The van der Waals surface area contributed by atoms with Crippen LogP contribution in [0.2, 0.25) is 0 Å². The first-order valence-electron chi connectivity index (χ1n) is 13.6. The Labute approximate surface area is 241 Å². The molecular formula is C32H33N5O3S. The van der Waals surface area contributed by atoms with Crippen molar-refractivity contribution >= 4 is 43.7 Å². The van der Waals surface area contributed by atoms with E-state index < -0.39 is 15.3 Å². The Kier molecular flexibility index (Phi) is 7.54. The van der Waals surface area contributed by atoms with Gasteiger partial charge < -0.3 is 10.6 Å². The topological polar surface area (TPSA) is 114 Å². The van der Waals surface area contributed by atoms with Gasteiger partial charge in [0.15, 0.2) is 9.84 Å². The predicted octanol–water partition coefficient (Wildman–Crippen LogP) is 5.85. The molecule has 0 saturated heterocycles. The number of carbonyl (C=O) groups excluding carboxylic acids is 1. The quantitative estimate of drug-likeness (QED) is 0.269. The number of nitrogens with one attached hydrogen (secondary N) is 2. The van der Waals surface area contributed by atoms with Crippen molar-refractivity contribution < 1.29 is 13.2 Å². The molecule has 0 saturated carbocycles. The van der Waals surface area contributed by atoms with E-state index in [1.165, 1.54) is 6.26 Å². The summed E-state index contributed by atoms with van der Waals surface area (Å²) >= 11 is 0. The van der Waals surface area contributed by atoms with Crippen LogP contribution < -0.4 is 10.6 Å². The van der Waals surface area contributed by atoms with E-state index in [-0.39, 0.29) is 10.8 Å². The molecule has 4 aromatic rings. The maximum absolute atomic E-state index is 13.0. The fourth-order valence-corrected chi connectivity index (χ4v) is 5.45. The first-order valence-corrected chi connectivity index (χ1v) is 15.5. The molecule has 1 aromatic carbocycles. The minimum absolute atomic E-state index is 0.0183. The van der Waals surface area contributed by atoms with Gasteiger partial charge in [-0.2, -0.15) is 0 Å². The third kappa shape index (κ3) is 5.93. The molecule has 2 unspecified atom stereocenters. The summed E-state index contributed by atoms with van der Waals surface area (Å²) in [5.41, 5.74) is 2.81. The molecule has 2 N–H and O–H groups in total. The van der Waals surface area contributed by atoms with Crippen molar-refractivity contribution in [1.29, 1.82) is 0 Å². The number of rotatable bonds is 7. The number of nitrogens with zero attached hydrogens (tertiary/aromatic N) is 3. The number of sulfone groups is 1. The van der Waals surface area contributed by atoms with Crippen LogP contribution in [-0.2, 0) is 20.0 Å². The number of amides is 1. The monoisotopic (exact) mass is 567 g/mol. The molecule has 9 heteroatoms. The predicted molar refractivity (Wildman–Crippen MR) is 162 cm³/mol. The van der Waals surface area contributed by atoms with Gasteiger partial charge in [0.05, 0.1) is 21.7 Å². The zero-order chi connectivity index (χ0) is 29.4. The summed E-state index contributed by atoms with van der Waals surface area (Å²) in [4.78, 5) is 26.8. The van der Waals surface area contributed by atoms with E-state index in [4.69, 9.17) is 0 Å². The fourth-order valence-electron chi connectivity index (χ4n) is 4.82. The van der Waals surface area contributed by atoms with Crippen LogP contribution in [0, 0.1) is 23.7 Å². The van der Waals surface area contributed by atoms with Crippen LogP contribution in [0.5, 0.6) is 0 Å². The molecule has 3 aromatic heterocycles. The van der Waals surface area contributed by atoms with Crippen molar-refractivity contribution in [3.05, 3.63) is 78.0 Å². The van der Waals surface area contributed by atoms with E-state index in [0.717, 1.165) is 29.3 Å². The third-order valence-corrected chi connectivity index (χ3v) is 9.05. The minimum atomic E-state index is -3.27. The second-order valence-electron chi connectivity index (χ2n) is 11.3. The zero-order valence-corrected chi connectivity index (χ0v) is 24.6. The van der Waals surface area contributed by atoms with Crippen molar-refractivity contribution in [2.45, 2.75) is 50.8 Å². The lowest BCUT2D eigenvalue weighted by molar-refractivity contribution is -0.120. The summed E-state index contributed by atoms with van der Waals surface area (Å²) in [7, 11) is -3.27. The Hall–Kier alpha value is -4.29. The van der Waals surface area contributed by atoms with E-state index in [1.54, 1.807) is 42.9 Å². The van der Waals surface area contributed by atoms with Gasteiger partial charge in [-0.25, -0.2) is 18.4 Å². The molecule has 0 bridgehead atoms. The van der Waals surface area contributed by atoms with Crippen LogP contribution in [0.1, 0.15) is 57.5 Å². The number of hydrogen-bond acceptors (Lipinski definition) is 7. The van der Waals surface area contributed by atoms with Crippen LogP contribution in [0.25, 0.3) is 10.8 Å².